The van der Waals surface area contributed by atoms with Gasteiger partial charge in [-0.15, -0.1) is 11.3 Å². The van der Waals surface area contributed by atoms with Crippen molar-refractivity contribution in [1.29, 1.82) is 0 Å². The van der Waals surface area contributed by atoms with Gasteiger partial charge in [0.1, 0.15) is 0 Å². The van der Waals surface area contributed by atoms with Crippen LogP contribution in [-0.2, 0) is 0 Å². The topological polar surface area (TPSA) is 28.8 Å². The lowest BCUT2D eigenvalue weighted by molar-refractivity contribution is 0.734. The molecule has 0 amide bonds. The number of allylic oxidation sites excluding steroid dienone is 6. The predicted molar refractivity (Wildman–Crippen MR) is 145 cm³/mol. The molecule has 3 atom stereocenters. The van der Waals surface area contributed by atoms with Crippen LogP contribution >= 0.6 is 11.3 Å². The summed E-state index contributed by atoms with van der Waals surface area (Å²) in [6, 6.07) is 13.8. The van der Waals surface area contributed by atoms with Gasteiger partial charge in [-0.05, 0) is 29.8 Å². The second-order valence-electron chi connectivity index (χ2n) is 9.62. The Morgan fingerprint density at radius 3 is 2.79 bits per heavy atom. The number of rotatable bonds is 0. The maximum absolute atomic E-state index is 5.22. The van der Waals surface area contributed by atoms with Crippen LogP contribution in [0.4, 0.5) is 11.5 Å². The zero-order valence-electron chi connectivity index (χ0n) is 18.2. The molecule has 4 heterocycles. The molecule has 1 aliphatic heterocycles. The highest BCUT2D eigenvalue weighted by molar-refractivity contribution is 7.25. The molecule has 3 aliphatic carbocycles. The maximum Gasteiger partial charge on any atom is 0.162 e. The summed E-state index contributed by atoms with van der Waals surface area (Å²) >= 11 is 1.88. The molecule has 9 rings (SSSR count). The SMILES string of the molecule is C1=CC2=Nc3c(c4c5c(c6cc7c(cc6n35)sc3ccccc37)C3C=CC=CC3C=4)NC2C=C1. The van der Waals surface area contributed by atoms with Gasteiger partial charge >= 0.3 is 0 Å². The summed E-state index contributed by atoms with van der Waals surface area (Å²) in [7, 11) is 0. The molecular formula is C30H19N3S. The highest BCUT2D eigenvalue weighted by atomic mass is 32.1. The average molecular weight is 454 g/mol. The van der Waals surface area contributed by atoms with Gasteiger partial charge in [0.2, 0.25) is 0 Å². The summed E-state index contributed by atoms with van der Waals surface area (Å²) in [6.45, 7) is 0. The van der Waals surface area contributed by atoms with Gasteiger partial charge < -0.3 is 5.32 Å². The average Bonchev–Trinajstić information content (AvgIpc) is 3.51. The number of aromatic nitrogens is 1. The largest absolute Gasteiger partial charge is 0.370 e. The summed E-state index contributed by atoms with van der Waals surface area (Å²) in [5.41, 5.74) is 6.29. The Balaban J connectivity index is 1.49. The minimum absolute atomic E-state index is 0.137. The first kappa shape index (κ1) is 17.6. The van der Waals surface area contributed by atoms with Crippen LogP contribution in [0, 0.1) is 5.92 Å². The Morgan fingerprint density at radius 1 is 0.882 bits per heavy atom. The van der Waals surface area contributed by atoms with E-state index in [2.05, 4.69) is 101 Å². The van der Waals surface area contributed by atoms with Crippen molar-refractivity contribution in [2.24, 2.45) is 10.9 Å². The number of benzene rings is 2. The number of nitrogens with one attached hydrogen (secondary N) is 1. The second-order valence-corrected chi connectivity index (χ2v) is 10.7. The number of hydrogen-bond acceptors (Lipinski definition) is 3. The normalized spacial score (nSPS) is 23.8. The van der Waals surface area contributed by atoms with Crippen LogP contribution < -0.4 is 10.5 Å². The first-order chi connectivity index (χ1) is 16.8. The zero-order chi connectivity index (χ0) is 22.0. The molecule has 0 saturated heterocycles. The molecule has 0 saturated carbocycles. The quantitative estimate of drug-likeness (QED) is 0.275. The first-order valence-corrected chi connectivity index (χ1v) is 12.7. The molecular weight excluding hydrogens is 434 g/mol. The molecule has 0 fully saturated rings. The van der Waals surface area contributed by atoms with Crippen molar-refractivity contribution in [3.63, 3.8) is 0 Å². The molecule has 5 aromatic rings. The van der Waals surface area contributed by atoms with Crippen molar-refractivity contribution in [3.05, 3.63) is 95.8 Å². The lowest BCUT2D eigenvalue weighted by Gasteiger charge is -2.26. The summed E-state index contributed by atoms with van der Waals surface area (Å²) in [5, 5.41) is 9.19. The van der Waals surface area contributed by atoms with E-state index < -0.39 is 0 Å². The monoisotopic (exact) mass is 453 g/mol. The fourth-order valence-electron chi connectivity index (χ4n) is 6.42. The van der Waals surface area contributed by atoms with E-state index in [1.54, 1.807) is 0 Å². The number of fused-ring (bicyclic) bond motifs is 12. The Kier molecular flexibility index (Phi) is 3.08. The molecule has 34 heavy (non-hydrogen) atoms. The summed E-state index contributed by atoms with van der Waals surface area (Å²) in [4.78, 5) is 5.22. The Bertz CT molecular complexity index is 1960. The lowest BCUT2D eigenvalue weighted by atomic mass is 9.78. The maximum atomic E-state index is 5.22. The van der Waals surface area contributed by atoms with E-state index in [9.17, 15) is 0 Å². The zero-order valence-corrected chi connectivity index (χ0v) is 19.0. The molecule has 0 spiro atoms. The second kappa shape index (κ2) is 5.96. The Hall–Kier alpha value is -3.89. The van der Waals surface area contributed by atoms with Gasteiger partial charge in [0.05, 0.1) is 28.5 Å². The fraction of sp³-hybridized carbons (Fsp3) is 0.100. The van der Waals surface area contributed by atoms with Gasteiger partial charge in [0.15, 0.2) is 5.82 Å². The number of hydrogen-bond donors (Lipinski definition) is 1. The van der Waals surface area contributed by atoms with E-state index in [1.165, 1.54) is 53.1 Å². The molecule has 3 unspecified atom stereocenters. The van der Waals surface area contributed by atoms with Crippen molar-refractivity contribution < 1.29 is 0 Å². The summed E-state index contributed by atoms with van der Waals surface area (Å²) in [5.74, 6) is 1.75. The molecule has 3 nitrogen and oxygen atoms in total. The smallest absolute Gasteiger partial charge is 0.162 e. The van der Waals surface area contributed by atoms with Crippen LogP contribution in [0.3, 0.4) is 0 Å². The van der Waals surface area contributed by atoms with Crippen LogP contribution in [0.2, 0.25) is 0 Å². The third-order valence-electron chi connectivity index (χ3n) is 7.87. The van der Waals surface area contributed by atoms with Crippen LogP contribution in [0.15, 0.2) is 90.0 Å². The number of nitrogens with zero attached hydrogens (tertiary/aromatic N) is 2. The molecule has 0 radical (unpaired) electrons. The van der Waals surface area contributed by atoms with E-state index in [1.807, 2.05) is 11.3 Å². The van der Waals surface area contributed by atoms with Crippen LogP contribution in [0.1, 0.15) is 11.5 Å². The summed E-state index contributed by atoms with van der Waals surface area (Å²) < 4.78 is 5.12. The van der Waals surface area contributed by atoms with Gasteiger partial charge in [-0.25, -0.2) is 4.99 Å². The standard InChI is InChI=1S/C30H19N3S/c1-2-8-17-16(7-1)13-21-28-30(32-23-11-5-4-10-22(23)31-28)33-24-15-26-19(14-20(24)27(17)29(21)33)18-9-3-6-12-25(18)34-26/h1-17,22,31H. The minimum Gasteiger partial charge on any atom is -0.370 e. The molecule has 160 valence electrons. The van der Waals surface area contributed by atoms with E-state index in [-0.39, 0.29) is 6.04 Å². The van der Waals surface area contributed by atoms with Crippen LogP contribution in [0.25, 0.3) is 42.7 Å². The molecule has 0 bridgehead atoms. The lowest BCUT2D eigenvalue weighted by Crippen LogP contribution is -2.32. The minimum atomic E-state index is 0.137. The molecule has 1 N–H and O–H groups in total. The molecule has 4 aliphatic rings. The summed E-state index contributed by atoms with van der Waals surface area (Å²) in [6.07, 6.45) is 20.1. The number of anilines is 1. The fourth-order valence-corrected chi connectivity index (χ4v) is 7.54. The molecule has 4 heteroatoms. The highest BCUT2D eigenvalue weighted by Crippen LogP contribution is 2.48. The van der Waals surface area contributed by atoms with Gasteiger partial charge in [-0.3, -0.25) is 4.40 Å². The highest BCUT2D eigenvalue weighted by Gasteiger charge is 2.35. The van der Waals surface area contributed by atoms with Crippen molar-refractivity contribution in [2.45, 2.75) is 12.0 Å². The van der Waals surface area contributed by atoms with E-state index in [4.69, 9.17) is 4.99 Å². The van der Waals surface area contributed by atoms with Crippen molar-refractivity contribution in [3.8, 4) is 0 Å². The first-order valence-electron chi connectivity index (χ1n) is 11.9. The Morgan fingerprint density at radius 2 is 1.79 bits per heavy atom. The van der Waals surface area contributed by atoms with Gasteiger partial charge in [-0.1, -0.05) is 66.8 Å². The molecule has 3 aromatic heterocycles. The van der Waals surface area contributed by atoms with E-state index in [0.717, 1.165) is 11.5 Å². The number of thiophene rings is 1. The third kappa shape index (κ3) is 2.02. The van der Waals surface area contributed by atoms with Crippen LogP contribution in [-0.4, -0.2) is 16.2 Å². The van der Waals surface area contributed by atoms with E-state index in [0.29, 0.717) is 11.8 Å². The van der Waals surface area contributed by atoms with Crippen molar-refractivity contribution >= 4 is 71.2 Å². The van der Waals surface area contributed by atoms with Gasteiger partial charge in [0, 0.05) is 42.6 Å². The van der Waals surface area contributed by atoms with Gasteiger partial charge in [0.25, 0.3) is 0 Å². The van der Waals surface area contributed by atoms with Crippen molar-refractivity contribution in [1.82, 2.24) is 4.40 Å². The third-order valence-corrected chi connectivity index (χ3v) is 9.00. The Labute approximate surface area is 199 Å². The van der Waals surface area contributed by atoms with E-state index >= 15 is 0 Å². The molecule has 2 aromatic carbocycles. The predicted octanol–water partition coefficient (Wildman–Crippen LogP) is 6.79. The van der Waals surface area contributed by atoms with Crippen LogP contribution in [0.5, 0.6) is 0 Å². The number of aliphatic imine (C=N–C) groups is 1. The van der Waals surface area contributed by atoms with Gasteiger partial charge in [-0.2, -0.15) is 0 Å². The van der Waals surface area contributed by atoms with Crippen molar-refractivity contribution in [2.75, 3.05) is 5.32 Å².